The van der Waals surface area contributed by atoms with Gasteiger partial charge in [0.15, 0.2) is 0 Å². The van der Waals surface area contributed by atoms with Gasteiger partial charge < -0.3 is 10.6 Å². The zero-order valence-electron chi connectivity index (χ0n) is 11.8. The summed E-state index contributed by atoms with van der Waals surface area (Å²) in [5.74, 6) is 0. The van der Waals surface area contributed by atoms with Crippen LogP contribution in [0, 0.1) is 0 Å². The van der Waals surface area contributed by atoms with Crippen LogP contribution in [0.2, 0.25) is 10.0 Å². The Balaban J connectivity index is 2.27. The van der Waals surface area contributed by atoms with Gasteiger partial charge in [-0.25, -0.2) is 0 Å². The molecule has 1 unspecified atom stereocenters. The molecule has 2 aromatic carbocycles. The van der Waals surface area contributed by atoms with Crippen molar-refractivity contribution in [2.45, 2.75) is 13.0 Å². The number of hydrogen-bond donors (Lipinski definition) is 1. The van der Waals surface area contributed by atoms with Gasteiger partial charge in [0.1, 0.15) is 4.99 Å². The molecule has 21 heavy (non-hydrogen) atoms. The largest absolute Gasteiger partial charge is 0.389 e. The van der Waals surface area contributed by atoms with Crippen molar-refractivity contribution >= 4 is 46.1 Å². The lowest BCUT2D eigenvalue weighted by molar-refractivity contribution is 0.740. The van der Waals surface area contributed by atoms with Gasteiger partial charge in [-0.15, -0.1) is 0 Å². The molecule has 2 aromatic rings. The van der Waals surface area contributed by atoms with Crippen LogP contribution in [0.15, 0.2) is 42.5 Å². The molecule has 0 amide bonds. The monoisotopic (exact) mass is 338 g/mol. The Morgan fingerprint density at radius 3 is 2.29 bits per heavy atom. The van der Waals surface area contributed by atoms with Gasteiger partial charge in [0.2, 0.25) is 0 Å². The number of anilines is 1. The molecule has 0 aliphatic heterocycles. The van der Waals surface area contributed by atoms with E-state index < -0.39 is 0 Å². The fourth-order valence-electron chi connectivity index (χ4n) is 2.11. The van der Waals surface area contributed by atoms with E-state index in [-0.39, 0.29) is 6.04 Å². The van der Waals surface area contributed by atoms with Gasteiger partial charge in [-0.1, -0.05) is 47.6 Å². The molecule has 0 spiro atoms. The van der Waals surface area contributed by atoms with Crippen molar-refractivity contribution in [3.8, 4) is 0 Å². The number of halogens is 2. The molecule has 0 saturated heterocycles. The van der Waals surface area contributed by atoms with E-state index in [1.54, 1.807) is 0 Å². The molecule has 0 fully saturated rings. The van der Waals surface area contributed by atoms with Crippen LogP contribution in [0.3, 0.4) is 0 Å². The molecule has 0 aliphatic rings. The second-order valence-corrected chi connectivity index (χ2v) is 6.15. The minimum absolute atomic E-state index is 0.189. The van der Waals surface area contributed by atoms with Gasteiger partial charge in [0.25, 0.3) is 0 Å². The normalized spacial score (nSPS) is 12.0. The average Bonchev–Trinajstić information content (AvgIpc) is 2.46. The molecule has 0 aliphatic carbocycles. The summed E-state index contributed by atoms with van der Waals surface area (Å²) in [6.45, 7) is 2.12. The Labute approximate surface area is 140 Å². The lowest BCUT2D eigenvalue weighted by Gasteiger charge is -2.28. The minimum atomic E-state index is 0.189. The van der Waals surface area contributed by atoms with E-state index in [4.69, 9.17) is 41.2 Å². The molecule has 110 valence electrons. The number of thiocarbonyl (C=S) groups is 1. The van der Waals surface area contributed by atoms with E-state index in [1.807, 2.05) is 49.5 Å². The summed E-state index contributed by atoms with van der Waals surface area (Å²) in [6.07, 6.45) is 0. The van der Waals surface area contributed by atoms with Gasteiger partial charge in [-0.3, -0.25) is 0 Å². The van der Waals surface area contributed by atoms with E-state index in [2.05, 4.69) is 11.8 Å². The number of hydrogen-bond acceptors (Lipinski definition) is 2. The molecule has 5 heteroatoms. The fraction of sp³-hybridized carbons (Fsp3) is 0.188. The maximum Gasteiger partial charge on any atom is 0.105 e. The van der Waals surface area contributed by atoms with Gasteiger partial charge >= 0.3 is 0 Å². The third kappa shape index (κ3) is 3.67. The molecule has 2 N–H and O–H groups in total. The van der Waals surface area contributed by atoms with Crippen LogP contribution < -0.4 is 10.6 Å². The Morgan fingerprint density at radius 1 is 1.14 bits per heavy atom. The number of benzene rings is 2. The molecule has 0 bridgehead atoms. The summed E-state index contributed by atoms with van der Waals surface area (Å²) in [5, 5.41) is 1.30. The van der Waals surface area contributed by atoms with Gasteiger partial charge in [0.05, 0.1) is 11.1 Å². The second kappa shape index (κ2) is 6.65. The maximum absolute atomic E-state index is 6.23. The van der Waals surface area contributed by atoms with Crippen LogP contribution >= 0.6 is 35.4 Å². The first-order chi connectivity index (χ1) is 9.90. The quantitative estimate of drug-likeness (QED) is 0.810. The number of nitrogens with two attached hydrogens (primary N) is 1. The molecular formula is C16H16Cl2N2S. The van der Waals surface area contributed by atoms with Crippen LogP contribution in [0.4, 0.5) is 5.69 Å². The molecule has 2 rings (SSSR count). The van der Waals surface area contributed by atoms with Crippen LogP contribution in [-0.4, -0.2) is 12.0 Å². The Morgan fingerprint density at radius 2 is 1.76 bits per heavy atom. The topological polar surface area (TPSA) is 29.3 Å². The Bertz CT molecular complexity index is 656. The van der Waals surface area contributed by atoms with Crippen LogP contribution in [-0.2, 0) is 0 Å². The van der Waals surface area contributed by atoms with E-state index in [9.17, 15) is 0 Å². The van der Waals surface area contributed by atoms with E-state index in [0.717, 1.165) is 10.7 Å². The van der Waals surface area contributed by atoms with Crippen molar-refractivity contribution in [3.05, 3.63) is 63.6 Å². The molecule has 0 saturated carbocycles. The SMILES string of the molecule is CC(c1ccc(Cl)cc1)N(C)c1ccc(C(N)=S)c(Cl)c1. The van der Waals surface area contributed by atoms with Crippen LogP contribution in [0.5, 0.6) is 0 Å². The van der Waals surface area contributed by atoms with Crippen LogP contribution in [0.25, 0.3) is 0 Å². The van der Waals surface area contributed by atoms with Gasteiger partial charge in [-0.2, -0.15) is 0 Å². The van der Waals surface area contributed by atoms with Crippen molar-refractivity contribution in [2.24, 2.45) is 5.73 Å². The Hall–Kier alpha value is -1.29. The van der Waals surface area contributed by atoms with Crippen LogP contribution in [0.1, 0.15) is 24.1 Å². The average molecular weight is 339 g/mol. The summed E-state index contributed by atoms with van der Waals surface area (Å²) < 4.78 is 0. The van der Waals surface area contributed by atoms with E-state index in [0.29, 0.717) is 15.6 Å². The van der Waals surface area contributed by atoms with E-state index in [1.165, 1.54) is 5.56 Å². The van der Waals surface area contributed by atoms with Crippen molar-refractivity contribution in [1.82, 2.24) is 0 Å². The molecule has 1 atom stereocenters. The number of rotatable bonds is 4. The predicted molar refractivity (Wildman–Crippen MR) is 95.6 cm³/mol. The fourth-order valence-corrected chi connectivity index (χ4v) is 2.75. The molecule has 0 heterocycles. The summed E-state index contributed by atoms with van der Waals surface area (Å²) in [4.78, 5) is 2.44. The summed E-state index contributed by atoms with van der Waals surface area (Å²) in [7, 11) is 2.02. The third-order valence-corrected chi connectivity index (χ3v) is 4.34. The van der Waals surface area contributed by atoms with Crippen molar-refractivity contribution in [2.75, 3.05) is 11.9 Å². The highest BCUT2D eigenvalue weighted by atomic mass is 35.5. The summed E-state index contributed by atoms with van der Waals surface area (Å²) in [6, 6.07) is 13.7. The van der Waals surface area contributed by atoms with Crippen molar-refractivity contribution in [3.63, 3.8) is 0 Å². The second-order valence-electron chi connectivity index (χ2n) is 4.87. The highest BCUT2D eigenvalue weighted by molar-refractivity contribution is 7.80. The molecule has 0 radical (unpaired) electrons. The third-order valence-electron chi connectivity index (χ3n) is 3.56. The van der Waals surface area contributed by atoms with E-state index >= 15 is 0 Å². The zero-order chi connectivity index (χ0) is 15.6. The molecule has 0 aromatic heterocycles. The van der Waals surface area contributed by atoms with Gasteiger partial charge in [0, 0.05) is 23.3 Å². The maximum atomic E-state index is 6.23. The molecule has 2 nitrogen and oxygen atoms in total. The summed E-state index contributed by atoms with van der Waals surface area (Å²) in [5.41, 5.74) is 8.50. The van der Waals surface area contributed by atoms with Crippen molar-refractivity contribution in [1.29, 1.82) is 0 Å². The van der Waals surface area contributed by atoms with Gasteiger partial charge in [-0.05, 0) is 42.8 Å². The standard InChI is InChI=1S/C16H16Cl2N2S/c1-10(11-3-5-12(17)6-4-11)20(2)13-7-8-14(16(19)21)15(18)9-13/h3-10H,1-2H3,(H2,19,21). The lowest BCUT2D eigenvalue weighted by atomic mass is 10.1. The first-order valence-electron chi connectivity index (χ1n) is 6.48. The smallest absolute Gasteiger partial charge is 0.105 e. The van der Waals surface area contributed by atoms with Crippen molar-refractivity contribution < 1.29 is 0 Å². The first-order valence-corrected chi connectivity index (χ1v) is 7.64. The lowest BCUT2D eigenvalue weighted by Crippen LogP contribution is -2.21. The Kier molecular flexibility index (Phi) is 5.09. The number of nitrogens with zero attached hydrogens (tertiary/aromatic N) is 1. The zero-order valence-corrected chi connectivity index (χ0v) is 14.1. The highest BCUT2D eigenvalue weighted by Gasteiger charge is 2.14. The summed E-state index contributed by atoms with van der Waals surface area (Å²) >= 11 is 17.1. The minimum Gasteiger partial charge on any atom is -0.389 e. The highest BCUT2D eigenvalue weighted by Crippen LogP contribution is 2.29. The predicted octanol–water partition coefficient (Wildman–Crippen LogP) is 4.83. The first kappa shape index (κ1) is 16.1. The molecular weight excluding hydrogens is 323 g/mol.